The zero-order chi connectivity index (χ0) is 21.3. The average molecular weight is 422 g/mol. The van der Waals surface area contributed by atoms with E-state index in [9.17, 15) is 13.2 Å². The van der Waals surface area contributed by atoms with Gasteiger partial charge in [-0.05, 0) is 48.9 Å². The number of para-hydroxylation sites is 1. The molecule has 3 N–H and O–H groups in total. The molecule has 2 aromatic heterocycles. The van der Waals surface area contributed by atoms with Crippen molar-refractivity contribution in [3.05, 3.63) is 84.3 Å². The van der Waals surface area contributed by atoms with E-state index in [1.165, 1.54) is 17.0 Å². The van der Waals surface area contributed by atoms with Gasteiger partial charge in [-0.3, -0.25) is 4.79 Å². The Morgan fingerprint density at radius 1 is 1.07 bits per heavy atom. The molecule has 0 saturated heterocycles. The molecule has 0 aliphatic heterocycles. The van der Waals surface area contributed by atoms with Crippen LogP contribution in [0.1, 0.15) is 16.1 Å². The van der Waals surface area contributed by atoms with Crippen LogP contribution in [0.3, 0.4) is 0 Å². The lowest BCUT2D eigenvalue weighted by Crippen LogP contribution is -2.18. The number of sulfonamides is 1. The minimum Gasteiger partial charge on any atom is -0.463 e. The van der Waals surface area contributed by atoms with Crippen molar-refractivity contribution in [1.82, 2.24) is 9.78 Å². The minimum absolute atomic E-state index is 0.0480. The van der Waals surface area contributed by atoms with Crippen molar-refractivity contribution in [3.8, 4) is 17.1 Å². The molecule has 152 valence electrons. The number of amides is 1. The minimum atomic E-state index is -3.91. The molecule has 0 radical (unpaired) electrons. The first-order valence-electron chi connectivity index (χ1n) is 8.97. The predicted molar refractivity (Wildman–Crippen MR) is 112 cm³/mol. The number of hydrogen-bond donors (Lipinski definition) is 2. The number of nitrogens with zero attached hydrogens (tertiary/aromatic N) is 2. The lowest BCUT2D eigenvalue weighted by atomic mass is 10.2. The van der Waals surface area contributed by atoms with Crippen LogP contribution in [0.25, 0.3) is 17.1 Å². The second kappa shape index (κ2) is 7.62. The Morgan fingerprint density at radius 2 is 1.83 bits per heavy atom. The molecule has 2 aromatic carbocycles. The van der Waals surface area contributed by atoms with Crippen LogP contribution < -0.4 is 10.5 Å². The Labute approximate surface area is 173 Å². The number of anilines is 1. The summed E-state index contributed by atoms with van der Waals surface area (Å²) in [6, 6.07) is 18.8. The van der Waals surface area contributed by atoms with Gasteiger partial charge in [0.05, 0.1) is 16.8 Å². The van der Waals surface area contributed by atoms with Gasteiger partial charge in [-0.25, -0.2) is 18.2 Å². The van der Waals surface area contributed by atoms with E-state index in [0.717, 1.165) is 0 Å². The molecule has 4 aromatic rings. The van der Waals surface area contributed by atoms with Gasteiger partial charge in [-0.2, -0.15) is 5.10 Å². The van der Waals surface area contributed by atoms with Crippen LogP contribution in [0.2, 0.25) is 0 Å². The molecule has 4 rings (SSSR count). The second-order valence-corrected chi connectivity index (χ2v) is 8.15. The van der Waals surface area contributed by atoms with Gasteiger partial charge in [0, 0.05) is 11.8 Å². The van der Waals surface area contributed by atoms with Gasteiger partial charge in [-0.1, -0.05) is 24.3 Å². The quantitative estimate of drug-likeness (QED) is 0.511. The first-order chi connectivity index (χ1) is 14.3. The highest BCUT2D eigenvalue weighted by Gasteiger charge is 2.20. The van der Waals surface area contributed by atoms with E-state index in [1.54, 1.807) is 37.3 Å². The number of aryl methyl sites for hydroxylation is 1. The van der Waals surface area contributed by atoms with Crippen LogP contribution in [0.15, 0.2) is 82.3 Å². The monoisotopic (exact) mass is 422 g/mol. The maximum Gasteiger partial charge on any atom is 0.274 e. The molecule has 1 amide bonds. The van der Waals surface area contributed by atoms with Gasteiger partial charge in [0.2, 0.25) is 10.0 Å². The van der Waals surface area contributed by atoms with Crippen molar-refractivity contribution in [2.24, 2.45) is 5.14 Å². The van der Waals surface area contributed by atoms with Crippen LogP contribution in [0.4, 0.5) is 5.69 Å². The Hall–Kier alpha value is -3.69. The van der Waals surface area contributed by atoms with Crippen LogP contribution in [-0.4, -0.2) is 24.1 Å². The van der Waals surface area contributed by atoms with E-state index < -0.39 is 15.9 Å². The lowest BCUT2D eigenvalue weighted by Gasteiger charge is -2.10. The van der Waals surface area contributed by atoms with Gasteiger partial charge in [-0.15, -0.1) is 0 Å². The summed E-state index contributed by atoms with van der Waals surface area (Å²) in [5, 5.41) is 12.5. The summed E-state index contributed by atoms with van der Waals surface area (Å²) in [4.78, 5) is 13.0. The molecule has 0 fully saturated rings. The summed E-state index contributed by atoms with van der Waals surface area (Å²) in [7, 11) is -3.91. The van der Waals surface area contributed by atoms with Crippen LogP contribution in [0, 0.1) is 6.92 Å². The van der Waals surface area contributed by atoms with E-state index in [4.69, 9.17) is 9.56 Å². The first-order valence-corrected chi connectivity index (χ1v) is 10.5. The number of rotatable bonds is 5. The zero-order valence-corrected chi connectivity index (χ0v) is 16.8. The molecule has 0 atom stereocenters. The molecule has 0 aliphatic rings. The summed E-state index contributed by atoms with van der Waals surface area (Å²) in [5.74, 6) is 0.0546. The van der Waals surface area contributed by atoms with Crippen molar-refractivity contribution < 1.29 is 17.6 Å². The van der Waals surface area contributed by atoms with Crippen molar-refractivity contribution in [2.75, 3.05) is 5.32 Å². The summed E-state index contributed by atoms with van der Waals surface area (Å²) in [6.07, 6.45) is 1.53. The fraction of sp³-hybridized carbons (Fsp3) is 0.0476. The average Bonchev–Trinajstić information content (AvgIpc) is 3.39. The second-order valence-electron chi connectivity index (χ2n) is 6.62. The van der Waals surface area contributed by atoms with E-state index in [0.29, 0.717) is 28.4 Å². The topological polar surface area (TPSA) is 120 Å². The molecule has 0 bridgehead atoms. The molecular formula is C21H18N4O4S. The number of carbonyl (C=O) groups is 1. The summed E-state index contributed by atoms with van der Waals surface area (Å²) in [5.41, 5.74) is 2.22. The third-order valence-corrected chi connectivity index (χ3v) is 5.52. The number of aromatic nitrogens is 2. The van der Waals surface area contributed by atoms with Crippen molar-refractivity contribution in [2.45, 2.75) is 11.8 Å². The van der Waals surface area contributed by atoms with Gasteiger partial charge < -0.3 is 9.73 Å². The molecule has 0 aliphatic carbocycles. The van der Waals surface area contributed by atoms with E-state index >= 15 is 0 Å². The standard InChI is InChI=1S/C21H18N4O4S/c1-14-9-10-15(12-20(14)30(22,27)28)23-21(26)18-13-17(19-8-5-11-29-19)24-25(18)16-6-3-2-4-7-16/h2-13H,1H3,(H,23,26)(H2,22,27,28). The summed E-state index contributed by atoms with van der Waals surface area (Å²) >= 11 is 0. The third kappa shape index (κ3) is 3.88. The normalized spacial score (nSPS) is 11.4. The van der Waals surface area contributed by atoms with Crippen LogP contribution in [0.5, 0.6) is 0 Å². The Bertz CT molecular complexity index is 1310. The van der Waals surface area contributed by atoms with Gasteiger partial charge >= 0.3 is 0 Å². The van der Waals surface area contributed by atoms with Crippen molar-refractivity contribution in [1.29, 1.82) is 0 Å². The molecule has 30 heavy (non-hydrogen) atoms. The number of hydrogen-bond acceptors (Lipinski definition) is 5. The van der Waals surface area contributed by atoms with Gasteiger partial charge in [0.25, 0.3) is 5.91 Å². The number of benzene rings is 2. The summed E-state index contributed by atoms with van der Waals surface area (Å²) in [6.45, 7) is 1.63. The summed E-state index contributed by atoms with van der Waals surface area (Å²) < 4.78 is 30.5. The number of primary sulfonamides is 1. The number of nitrogens with one attached hydrogen (secondary N) is 1. The van der Waals surface area contributed by atoms with Gasteiger partial charge in [0.15, 0.2) is 5.76 Å². The molecule has 9 heteroatoms. The number of nitrogens with two attached hydrogens (primary N) is 1. The molecule has 0 spiro atoms. The van der Waals surface area contributed by atoms with E-state index in [2.05, 4.69) is 10.4 Å². The number of furan rings is 1. The molecule has 0 unspecified atom stereocenters. The van der Waals surface area contributed by atoms with Crippen molar-refractivity contribution >= 4 is 21.6 Å². The molecule has 2 heterocycles. The molecule has 0 saturated carbocycles. The maximum absolute atomic E-state index is 13.1. The van der Waals surface area contributed by atoms with E-state index in [-0.39, 0.29) is 10.6 Å². The predicted octanol–water partition coefficient (Wildman–Crippen LogP) is 3.34. The molecule has 8 nitrogen and oxygen atoms in total. The third-order valence-electron chi connectivity index (χ3n) is 4.47. The Balaban J connectivity index is 1.74. The SMILES string of the molecule is Cc1ccc(NC(=O)c2cc(-c3ccco3)nn2-c2ccccc2)cc1S(N)(=O)=O. The molecular weight excluding hydrogens is 404 g/mol. The smallest absolute Gasteiger partial charge is 0.274 e. The fourth-order valence-corrected chi connectivity index (χ4v) is 3.84. The fourth-order valence-electron chi connectivity index (χ4n) is 3.03. The largest absolute Gasteiger partial charge is 0.463 e. The maximum atomic E-state index is 13.1. The van der Waals surface area contributed by atoms with Crippen LogP contribution >= 0.6 is 0 Å². The highest BCUT2D eigenvalue weighted by Crippen LogP contribution is 2.24. The van der Waals surface area contributed by atoms with Gasteiger partial charge in [0.1, 0.15) is 11.4 Å². The van der Waals surface area contributed by atoms with Crippen molar-refractivity contribution in [3.63, 3.8) is 0 Å². The van der Waals surface area contributed by atoms with E-state index in [1.807, 2.05) is 30.3 Å². The Morgan fingerprint density at radius 3 is 2.50 bits per heavy atom. The van der Waals surface area contributed by atoms with Crippen LogP contribution in [-0.2, 0) is 10.0 Å². The Kier molecular flexibility index (Phi) is 4.98. The zero-order valence-electron chi connectivity index (χ0n) is 15.9. The highest BCUT2D eigenvalue weighted by atomic mass is 32.2. The highest BCUT2D eigenvalue weighted by molar-refractivity contribution is 7.89. The first kappa shape index (κ1) is 19.6. The number of carbonyl (C=O) groups excluding carboxylic acids is 1. The lowest BCUT2D eigenvalue weighted by molar-refractivity contribution is 0.101.